The molecular weight excluding hydrogens is 374 g/mol. The zero-order valence-corrected chi connectivity index (χ0v) is 15.7. The fourth-order valence-corrected chi connectivity index (χ4v) is 3.71. The Balaban J connectivity index is 1.58. The van der Waals surface area contributed by atoms with Crippen molar-refractivity contribution in [1.29, 1.82) is 0 Å². The number of rotatable bonds is 4. The summed E-state index contributed by atoms with van der Waals surface area (Å²) < 4.78 is 1.58. The van der Waals surface area contributed by atoms with Crippen molar-refractivity contribution < 1.29 is 14.7 Å². The van der Waals surface area contributed by atoms with Gasteiger partial charge in [-0.25, -0.2) is 9.31 Å². The van der Waals surface area contributed by atoms with Crippen molar-refractivity contribution in [3.8, 4) is 0 Å². The molecule has 2 amide bonds. The molecule has 4 rings (SSSR count). The Kier molecular flexibility index (Phi) is 5.03. The first-order valence-electron chi connectivity index (χ1n) is 9.44. The lowest BCUT2D eigenvalue weighted by Crippen LogP contribution is -2.37. The number of amides is 2. The maximum absolute atomic E-state index is 12.7. The van der Waals surface area contributed by atoms with Gasteiger partial charge in [-0.2, -0.15) is 5.10 Å². The largest absolute Gasteiger partial charge is 0.465 e. The number of aromatic nitrogens is 3. The highest BCUT2D eigenvalue weighted by atomic mass is 16.4. The second-order valence-electron chi connectivity index (χ2n) is 7.09. The van der Waals surface area contributed by atoms with Crippen molar-refractivity contribution in [3.05, 3.63) is 69.8 Å². The molecule has 0 aliphatic carbocycles. The smallest absolute Gasteiger partial charge is 0.407 e. The number of hydrogen-bond donors (Lipinski definition) is 3. The van der Waals surface area contributed by atoms with E-state index in [2.05, 4.69) is 15.4 Å². The predicted octanol–water partition coefficient (Wildman–Crippen LogP) is 1.81. The minimum absolute atomic E-state index is 0.00414. The van der Waals surface area contributed by atoms with Gasteiger partial charge < -0.3 is 20.3 Å². The monoisotopic (exact) mass is 395 g/mol. The fraction of sp³-hybridized carbons (Fsp3) is 0.300. The Hall–Kier alpha value is -3.62. The van der Waals surface area contributed by atoms with Crippen molar-refractivity contribution in [2.45, 2.75) is 25.3 Å². The molecule has 150 valence electrons. The Morgan fingerprint density at radius 3 is 2.62 bits per heavy atom. The van der Waals surface area contributed by atoms with Gasteiger partial charge in [0.1, 0.15) is 11.2 Å². The molecule has 0 unspecified atom stereocenters. The number of fused-ring (bicyclic) bond motifs is 1. The van der Waals surface area contributed by atoms with Crippen molar-refractivity contribution in [2.75, 3.05) is 13.1 Å². The molecule has 29 heavy (non-hydrogen) atoms. The summed E-state index contributed by atoms with van der Waals surface area (Å²) in [4.78, 5) is 40.1. The van der Waals surface area contributed by atoms with Crippen LogP contribution >= 0.6 is 0 Å². The first-order chi connectivity index (χ1) is 14.0. The number of carboxylic acid groups (broad SMARTS) is 1. The van der Waals surface area contributed by atoms with E-state index in [9.17, 15) is 14.4 Å². The van der Waals surface area contributed by atoms with Gasteiger partial charge in [0, 0.05) is 31.6 Å². The van der Waals surface area contributed by atoms with Crippen LogP contribution in [0.3, 0.4) is 0 Å². The summed E-state index contributed by atoms with van der Waals surface area (Å²) in [5.74, 6) is -0.326. The molecule has 9 heteroatoms. The topological polar surface area (TPSA) is 120 Å². The molecule has 3 heterocycles. The highest BCUT2D eigenvalue weighted by molar-refractivity contribution is 5.99. The molecule has 0 atom stereocenters. The van der Waals surface area contributed by atoms with Crippen LogP contribution in [0.1, 0.15) is 40.4 Å². The predicted molar refractivity (Wildman–Crippen MR) is 105 cm³/mol. The first-order valence-corrected chi connectivity index (χ1v) is 9.44. The van der Waals surface area contributed by atoms with E-state index in [1.807, 2.05) is 30.3 Å². The van der Waals surface area contributed by atoms with Gasteiger partial charge in [-0.3, -0.25) is 9.59 Å². The highest BCUT2D eigenvalue weighted by Crippen LogP contribution is 2.27. The molecular formula is C20H21N5O4. The molecule has 1 aliphatic rings. The Morgan fingerprint density at radius 1 is 1.21 bits per heavy atom. The summed E-state index contributed by atoms with van der Waals surface area (Å²) in [5, 5.41) is 16.3. The average Bonchev–Trinajstić information content (AvgIpc) is 3.16. The third kappa shape index (κ3) is 3.84. The van der Waals surface area contributed by atoms with Crippen LogP contribution in [-0.4, -0.2) is 49.7 Å². The van der Waals surface area contributed by atoms with Crippen molar-refractivity contribution >= 4 is 17.6 Å². The minimum atomic E-state index is -0.934. The second-order valence-corrected chi connectivity index (χ2v) is 7.09. The van der Waals surface area contributed by atoms with E-state index in [0.29, 0.717) is 49.4 Å². The first kappa shape index (κ1) is 18.7. The molecule has 1 fully saturated rings. The maximum Gasteiger partial charge on any atom is 0.407 e. The molecule has 0 bridgehead atoms. The van der Waals surface area contributed by atoms with E-state index in [1.54, 1.807) is 4.52 Å². The molecule has 0 spiro atoms. The Morgan fingerprint density at radius 2 is 1.93 bits per heavy atom. The third-order valence-corrected chi connectivity index (χ3v) is 5.26. The van der Waals surface area contributed by atoms with E-state index in [4.69, 9.17) is 5.11 Å². The van der Waals surface area contributed by atoms with Gasteiger partial charge in [0.05, 0.1) is 11.9 Å². The van der Waals surface area contributed by atoms with Crippen LogP contribution in [0.2, 0.25) is 0 Å². The standard InChI is InChI=1S/C20H21N5O4/c26-17-10-16(14-6-8-24(9-7-14)20(28)29)25-18(23-17)15(12-22-25)19(27)21-11-13-4-2-1-3-5-13/h1-5,10,12,14H,6-9,11H2,(H,21,27)(H,23,26)(H,28,29). The molecule has 1 aromatic carbocycles. The van der Waals surface area contributed by atoms with Crippen LogP contribution in [-0.2, 0) is 6.54 Å². The van der Waals surface area contributed by atoms with Crippen LogP contribution in [0.4, 0.5) is 4.79 Å². The molecule has 2 aromatic heterocycles. The van der Waals surface area contributed by atoms with Gasteiger partial charge in [0.2, 0.25) is 0 Å². The van der Waals surface area contributed by atoms with E-state index >= 15 is 0 Å². The van der Waals surface area contributed by atoms with E-state index < -0.39 is 6.09 Å². The Bertz CT molecular complexity index is 1100. The number of benzene rings is 1. The van der Waals surface area contributed by atoms with Crippen LogP contribution in [0.15, 0.2) is 47.4 Å². The number of nitrogens with zero attached hydrogens (tertiary/aromatic N) is 3. The lowest BCUT2D eigenvalue weighted by Gasteiger charge is -2.30. The zero-order chi connectivity index (χ0) is 20.4. The van der Waals surface area contributed by atoms with Crippen LogP contribution in [0.5, 0.6) is 0 Å². The number of aromatic amines is 1. The summed E-state index contributed by atoms with van der Waals surface area (Å²) in [6, 6.07) is 11.0. The number of carbonyl (C=O) groups excluding carboxylic acids is 1. The number of H-pyrrole nitrogens is 1. The van der Waals surface area contributed by atoms with Crippen molar-refractivity contribution in [1.82, 2.24) is 24.8 Å². The quantitative estimate of drug-likeness (QED) is 0.622. The number of carbonyl (C=O) groups is 2. The summed E-state index contributed by atoms with van der Waals surface area (Å²) in [6.07, 6.45) is 1.71. The van der Waals surface area contributed by atoms with Gasteiger partial charge >= 0.3 is 6.09 Å². The number of hydrogen-bond acceptors (Lipinski definition) is 4. The molecule has 0 radical (unpaired) electrons. The van der Waals surface area contributed by atoms with Crippen LogP contribution in [0, 0.1) is 0 Å². The third-order valence-electron chi connectivity index (χ3n) is 5.26. The lowest BCUT2D eigenvalue weighted by molar-refractivity contribution is 0.0952. The van der Waals surface area contributed by atoms with E-state index in [1.165, 1.54) is 17.2 Å². The number of likely N-dealkylation sites (tertiary alicyclic amines) is 1. The van der Waals surface area contributed by atoms with Crippen LogP contribution < -0.4 is 10.9 Å². The van der Waals surface area contributed by atoms with Gasteiger partial charge in [-0.05, 0) is 18.4 Å². The summed E-state index contributed by atoms with van der Waals surface area (Å²) in [5.41, 5.74) is 1.99. The number of piperidine rings is 1. The molecule has 3 N–H and O–H groups in total. The average molecular weight is 395 g/mol. The van der Waals surface area contributed by atoms with Gasteiger partial charge in [-0.1, -0.05) is 30.3 Å². The molecule has 1 aliphatic heterocycles. The molecule has 9 nitrogen and oxygen atoms in total. The second kappa shape index (κ2) is 7.78. The molecule has 3 aromatic rings. The molecule has 0 saturated carbocycles. The minimum Gasteiger partial charge on any atom is -0.465 e. The Labute approximate surface area is 166 Å². The SMILES string of the molecule is O=C(NCc1ccccc1)c1cnn2c(C3CCN(C(=O)O)CC3)cc(=O)[nH]c12. The van der Waals surface area contributed by atoms with E-state index in [0.717, 1.165) is 5.56 Å². The van der Waals surface area contributed by atoms with Crippen molar-refractivity contribution in [3.63, 3.8) is 0 Å². The molecule has 1 saturated heterocycles. The van der Waals surface area contributed by atoms with Crippen LogP contribution in [0.25, 0.3) is 5.65 Å². The summed E-state index contributed by atoms with van der Waals surface area (Å²) in [6.45, 7) is 1.18. The van der Waals surface area contributed by atoms with E-state index in [-0.39, 0.29) is 17.4 Å². The van der Waals surface area contributed by atoms with Gasteiger partial charge in [0.15, 0.2) is 0 Å². The zero-order valence-electron chi connectivity index (χ0n) is 15.7. The fourth-order valence-electron chi connectivity index (χ4n) is 3.71. The van der Waals surface area contributed by atoms with Crippen molar-refractivity contribution in [2.24, 2.45) is 0 Å². The summed E-state index contributed by atoms with van der Waals surface area (Å²) >= 11 is 0. The highest BCUT2D eigenvalue weighted by Gasteiger charge is 2.26. The normalized spacial score (nSPS) is 14.8. The summed E-state index contributed by atoms with van der Waals surface area (Å²) in [7, 11) is 0. The van der Waals surface area contributed by atoms with Gasteiger partial charge in [0.25, 0.3) is 11.5 Å². The lowest BCUT2D eigenvalue weighted by atomic mass is 9.93. The van der Waals surface area contributed by atoms with Gasteiger partial charge in [-0.15, -0.1) is 0 Å². The number of nitrogens with one attached hydrogen (secondary N) is 2. The maximum atomic E-state index is 12.7.